The van der Waals surface area contributed by atoms with Gasteiger partial charge in [0.2, 0.25) is 0 Å². The summed E-state index contributed by atoms with van der Waals surface area (Å²) in [6.07, 6.45) is 0.899. The summed E-state index contributed by atoms with van der Waals surface area (Å²) < 4.78 is 0. The minimum absolute atomic E-state index is 0.644. The number of amidine groups is 1. The monoisotopic (exact) mass is 287 g/mol. The van der Waals surface area contributed by atoms with Gasteiger partial charge in [-0.3, -0.25) is 0 Å². The van der Waals surface area contributed by atoms with E-state index in [4.69, 9.17) is 10.3 Å². The molecule has 0 atom stereocenters. The Morgan fingerprint density at radius 3 is 2.90 bits per heavy atom. The Bertz CT molecular complexity index is 543. The molecule has 2 rings (SSSR count). The van der Waals surface area contributed by atoms with Crippen LogP contribution in [0.5, 0.6) is 0 Å². The van der Waals surface area contributed by atoms with Crippen molar-refractivity contribution in [2.24, 2.45) is 10.9 Å². The summed E-state index contributed by atoms with van der Waals surface area (Å²) in [7, 11) is 0. The highest BCUT2D eigenvalue weighted by molar-refractivity contribution is 8.14. The van der Waals surface area contributed by atoms with Gasteiger partial charge in [0, 0.05) is 18.8 Å². The lowest BCUT2D eigenvalue weighted by Crippen LogP contribution is -2.28. The molecule has 3 nitrogen and oxygen atoms in total. The number of nitrogens with zero attached hydrogens (tertiary/aromatic N) is 3. The molecule has 0 spiro atoms. The number of thioether (sulfide) groups is 1. The fourth-order valence-electron chi connectivity index (χ4n) is 2.30. The quantitative estimate of drug-likeness (QED) is 0.845. The first kappa shape index (κ1) is 14.9. The van der Waals surface area contributed by atoms with Crippen molar-refractivity contribution in [1.82, 2.24) is 4.90 Å². The maximum absolute atomic E-state index is 8.98. The van der Waals surface area contributed by atoms with Gasteiger partial charge in [-0.15, -0.1) is 0 Å². The van der Waals surface area contributed by atoms with E-state index in [0.717, 1.165) is 41.7 Å². The van der Waals surface area contributed by atoms with Crippen LogP contribution < -0.4 is 0 Å². The van der Waals surface area contributed by atoms with Crippen molar-refractivity contribution in [3.8, 4) is 6.07 Å². The maximum atomic E-state index is 8.98. The van der Waals surface area contributed by atoms with E-state index >= 15 is 0 Å². The molecular weight excluding hydrogens is 266 g/mol. The third-order valence-corrected chi connectivity index (χ3v) is 4.25. The Kier molecular flexibility index (Phi) is 5.08. The molecule has 1 heterocycles. The average Bonchev–Trinajstić information content (AvgIpc) is 2.85. The van der Waals surface area contributed by atoms with Crippen LogP contribution in [0.4, 0.5) is 5.69 Å². The number of hydrogen-bond donors (Lipinski definition) is 0. The Hall–Kier alpha value is -1.47. The van der Waals surface area contributed by atoms with Gasteiger partial charge in [0.25, 0.3) is 0 Å². The molecule has 20 heavy (non-hydrogen) atoms. The van der Waals surface area contributed by atoms with Gasteiger partial charge >= 0.3 is 0 Å². The van der Waals surface area contributed by atoms with Gasteiger partial charge in [-0.2, -0.15) is 5.26 Å². The third-order valence-electron chi connectivity index (χ3n) is 3.25. The van der Waals surface area contributed by atoms with E-state index < -0.39 is 0 Å². The molecule has 106 valence electrons. The van der Waals surface area contributed by atoms with Crippen LogP contribution in [0.3, 0.4) is 0 Å². The second-order valence-electron chi connectivity index (χ2n) is 5.39. The highest BCUT2D eigenvalue weighted by Gasteiger charge is 2.20. The highest BCUT2D eigenvalue weighted by atomic mass is 32.2. The van der Waals surface area contributed by atoms with Gasteiger partial charge in [-0.25, -0.2) is 4.99 Å². The maximum Gasteiger partial charge on any atom is 0.164 e. The molecule has 0 saturated carbocycles. The molecular formula is C16H21N3S. The van der Waals surface area contributed by atoms with Crippen molar-refractivity contribution in [3.63, 3.8) is 0 Å². The fourth-order valence-corrected chi connectivity index (χ4v) is 3.30. The highest BCUT2D eigenvalue weighted by Crippen LogP contribution is 2.27. The first-order valence-electron chi connectivity index (χ1n) is 7.13. The van der Waals surface area contributed by atoms with Crippen LogP contribution in [0.25, 0.3) is 0 Å². The van der Waals surface area contributed by atoms with Crippen molar-refractivity contribution >= 4 is 22.6 Å². The van der Waals surface area contributed by atoms with Crippen molar-refractivity contribution in [2.75, 3.05) is 18.8 Å². The third kappa shape index (κ3) is 3.55. The zero-order chi connectivity index (χ0) is 14.5. The molecule has 0 bridgehead atoms. The molecule has 0 radical (unpaired) electrons. The van der Waals surface area contributed by atoms with Gasteiger partial charge in [-0.1, -0.05) is 32.5 Å². The van der Waals surface area contributed by atoms with Crippen LogP contribution >= 0.6 is 11.8 Å². The molecule has 0 unspecified atom stereocenters. The SMILES string of the molecule is CCc1cc(C#N)ccc1N=C1SCCN1CC(C)C. The van der Waals surface area contributed by atoms with Crippen molar-refractivity contribution in [1.29, 1.82) is 5.26 Å². The fraction of sp³-hybridized carbons (Fsp3) is 0.500. The van der Waals surface area contributed by atoms with Crippen LogP contribution in [-0.4, -0.2) is 28.9 Å². The van der Waals surface area contributed by atoms with Crippen molar-refractivity contribution in [2.45, 2.75) is 27.2 Å². The van der Waals surface area contributed by atoms with E-state index in [9.17, 15) is 0 Å². The Labute approximate surface area is 125 Å². The number of rotatable bonds is 4. The Morgan fingerprint density at radius 1 is 1.45 bits per heavy atom. The van der Waals surface area contributed by atoms with Crippen LogP contribution in [0, 0.1) is 17.2 Å². The van der Waals surface area contributed by atoms with Gasteiger partial charge in [0.05, 0.1) is 17.3 Å². The first-order chi connectivity index (χ1) is 9.63. The van der Waals surface area contributed by atoms with Crippen LogP contribution in [0.15, 0.2) is 23.2 Å². The number of hydrogen-bond acceptors (Lipinski definition) is 3. The summed E-state index contributed by atoms with van der Waals surface area (Å²) in [5.74, 6) is 1.76. The van der Waals surface area contributed by atoms with E-state index in [0.29, 0.717) is 11.5 Å². The molecule has 1 fully saturated rings. The van der Waals surface area contributed by atoms with Gasteiger partial charge in [-0.05, 0) is 36.1 Å². The molecule has 1 aliphatic heterocycles. The number of nitriles is 1. The smallest absolute Gasteiger partial charge is 0.164 e. The molecule has 1 aromatic carbocycles. The van der Waals surface area contributed by atoms with E-state index in [2.05, 4.69) is 31.7 Å². The molecule has 0 aliphatic carbocycles. The lowest BCUT2D eigenvalue weighted by molar-refractivity contribution is 0.396. The number of benzene rings is 1. The lowest BCUT2D eigenvalue weighted by atomic mass is 10.1. The molecule has 0 N–H and O–H groups in total. The molecule has 4 heteroatoms. The molecule has 0 amide bonds. The predicted octanol–water partition coefficient (Wildman–Crippen LogP) is 3.81. The largest absolute Gasteiger partial charge is 0.350 e. The summed E-state index contributed by atoms with van der Waals surface area (Å²) >= 11 is 1.83. The van der Waals surface area contributed by atoms with Crippen LogP contribution in [0.2, 0.25) is 0 Å². The van der Waals surface area contributed by atoms with Crippen LogP contribution in [0.1, 0.15) is 31.9 Å². The second kappa shape index (κ2) is 6.81. The lowest BCUT2D eigenvalue weighted by Gasteiger charge is -2.20. The predicted molar refractivity (Wildman–Crippen MR) is 86.5 cm³/mol. The zero-order valence-corrected chi connectivity index (χ0v) is 13.2. The minimum atomic E-state index is 0.644. The normalized spacial score (nSPS) is 16.9. The average molecular weight is 287 g/mol. The molecule has 1 aromatic rings. The summed E-state index contributed by atoms with van der Waals surface area (Å²) in [4.78, 5) is 7.20. The molecule has 0 aromatic heterocycles. The van der Waals surface area contributed by atoms with Gasteiger partial charge < -0.3 is 4.90 Å². The number of aliphatic imine (C=N–C) groups is 1. The molecule has 1 saturated heterocycles. The Balaban J connectivity index is 2.27. The summed E-state index contributed by atoms with van der Waals surface area (Å²) in [5, 5.41) is 10.1. The minimum Gasteiger partial charge on any atom is -0.350 e. The summed E-state index contributed by atoms with van der Waals surface area (Å²) in [6, 6.07) is 7.96. The van der Waals surface area contributed by atoms with Gasteiger partial charge in [0.1, 0.15) is 0 Å². The van der Waals surface area contributed by atoms with Gasteiger partial charge in [0.15, 0.2) is 5.17 Å². The topological polar surface area (TPSA) is 39.4 Å². The van der Waals surface area contributed by atoms with Crippen molar-refractivity contribution < 1.29 is 0 Å². The standard InChI is InChI=1S/C16H21N3S/c1-4-14-9-13(10-17)5-6-15(14)18-16-19(7-8-20-16)11-12(2)3/h5-6,9,12H,4,7-8,11H2,1-3H3. The van der Waals surface area contributed by atoms with E-state index in [1.165, 1.54) is 0 Å². The van der Waals surface area contributed by atoms with E-state index in [1.54, 1.807) is 0 Å². The summed E-state index contributed by atoms with van der Waals surface area (Å²) in [5.41, 5.74) is 2.86. The van der Waals surface area contributed by atoms with Crippen molar-refractivity contribution in [3.05, 3.63) is 29.3 Å². The van der Waals surface area contributed by atoms with Crippen LogP contribution in [-0.2, 0) is 6.42 Å². The van der Waals surface area contributed by atoms with E-state index in [-0.39, 0.29) is 0 Å². The summed E-state index contributed by atoms with van der Waals surface area (Å²) in [6.45, 7) is 8.72. The van der Waals surface area contributed by atoms with E-state index in [1.807, 2.05) is 30.0 Å². The molecule has 1 aliphatic rings. The first-order valence-corrected chi connectivity index (χ1v) is 8.12. The Morgan fingerprint density at radius 2 is 2.25 bits per heavy atom. The second-order valence-corrected chi connectivity index (χ2v) is 6.45. The zero-order valence-electron chi connectivity index (χ0n) is 12.4. The number of aryl methyl sites for hydroxylation is 1.